The van der Waals surface area contributed by atoms with E-state index < -0.39 is 0 Å². The fraction of sp³-hybridized carbons (Fsp3) is 0.800. The Morgan fingerprint density at radius 2 is 1.71 bits per heavy atom. The predicted molar refractivity (Wildman–Crippen MR) is 102 cm³/mol. The summed E-state index contributed by atoms with van der Waals surface area (Å²) in [5, 5.41) is 4.47. The maximum atomic E-state index is 11.7. The van der Waals surface area contributed by atoms with E-state index in [0.29, 0.717) is 18.3 Å². The molecule has 24 heavy (non-hydrogen) atoms. The highest BCUT2D eigenvalue weighted by molar-refractivity contribution is 5.87. The molecule has 1 aliphatic rings. The minimum absolute atomic E-state index is 0.304. The van der Waals surface area contributed by atoms with Gasteiger partial charge in [0.1, 0.15) is 0 Å². The summed E-state index contributed by atoms with van der Waals surface area (Å²) < 4.78 is 7.07. The Bertz CT molecular complexity index is 433. The molecule has 0 saturated heterocycles. The number of nitrogens with zero attached hydrogens (tertiary/aromatic N) is 2. The maximum absolute atomic E-state index is 11.7. The van der Waals surface area contributed by atoms with Gasteiger partial charge in [0.25, 0.3) is 0 Å². The van der Waals surface area contributed by atoms with Crippen molar-refractivity contribution < 1.29 is 9.53 Å². The van der Waals surface area contributed by atoms with Crippen LogP contribution in [0, 0.1) is 0 Å². The molecule has 140 valence electrons. The molecule has 1 aromatic heterocycles. The Kier molecular flexibility index (Phi) is 13.3. The Hall–Kier alpha value is -1.32. The van der Waals surface area contributed by atoms with Crippen LogP contribution in [0.1, 0.15) is 109 Å². The highest BCUT2D eigenvalue weighted by Crippen LogP contribution is 2.29. The van der Waals surface area contributed by atoms with Gasteiger partial charge in [-0.3, -0.25) is 4.68 Å². The van der Waals surface area contributed by atoms with Crippen molar-refractivity contribution in [3.63, 3.8) is 0 Å². The minimum atomic E-state index is -0.304. The van der Waals surface area contributed by atoms with Gasteiger partial charge < -0.3 is 4.74 Å². The van der Waals surface area contributed by atoms with Crippen LogP contribution in [0.5, 0.6) is 0 Å². The van der Waals surface area contributed by atoms with Gasteiger partial charge in [-0.15, -0.1) is 0 Å². The largest absolute Gasteiger partial charge is 0.461 e. The summed E-state index contributed by atoms with van der Waals surface area (Å²) >= 11 is 0. The number of esters is 1. The van der Waals surface area contributed by atoms with Crippen molar-refractivity contribution in [2.75, 3.05) is 6.61 Å². The normalized spacial score (nSPS) is 14.1. The smallest absolute Gasteiger partial charge is 0.358 e. The van der Waals surface area contributed by atoms with E-state index in [4.69, 9.17) is 4.74 Å². The fourth-order valence-electron chi connectivity index (χ4n) is 2.64. The van der Waals surface area contributed by atoms with E-state index >= 15 is 0 Å². The van der Waals surface area contributed by atoms with Crippen LogP contribution in [0.25, 0.3) is 0 Å². The van der Waals surface area contributed by atoms with Gasteiger partial charge in [0.2, 0.25) is 0 Å². The molecule has 0 N–H and O–H groups in total. The van der Waals surface area contributed by atoms with E-state index in [9.17, 15) is 4.79 Å². The van der Waals surface area contributed by atoms with Crippen LogP contribution < -0.4 is 0 Å². The number of carbonyl (C=O) groups excluding carboxylic acids is 1. The summed E-state index contributed by atoms with van der Waals surface area (Å²) in [6.45, 7) is 12.7. The van der Waals surface area contributed by atoms with Gasteiger partial charge in [-0.25, -0.2) is 4.79 Å². The number of hydrogen-bond donors (Lipinski definition) is 0. The zero-order chi connectivity index (χ0) is 18.4. The average molecular weight is 339 g/mol. The second-order valence-electron chi connectivity index (χ2n) is 5.83. The molecule has 2 rings (SSSR count). The molecule has 0 atom stereocenters. The van der Waals surface area contributed by atoms with E-state index in [1.165, 1.54) is 44.9 Å². The van der Waals surface area contributed by atoms with Gasteiger partial charge in [0.15, 0.2) is 5.69 Å². The van der Waals surface area contributed by atoms with Crippen LogP contribution in [0.15, 0.2) is 6.07 Å². The number of unbranched alkanes of at least 4 members (excludes halogenated alkanes) is 1. The number of hydrogen-bond acceptors (Lipinski definition) is 3. The summed E-state index contributed by atoms with van der Waals surface area (Å²) in [4.78, 5) is 11.7. The first-order valence-corrected chi connectivity index (χ1v) is 9.93. The molecule has 0 bridgehead atoms. The van der Waals surface area contributed by atoms with E-state index in [1.807, 2.05) is 26.8 Å². The summed E-state index contributed by atoms with van der Waals surface area (Å²) in [7, 11) is 0. The number of carbonyl (C=O) groups is 1. The zero-order valence-electron chi connectivity index (χ0n) is 16.7. The number of ether oxygens (including phenoxy) is 1. The van der Waals surface area contributed by atoms with Crippen LogP contribution in [-0.4, -0.2) is 22.4 Å². The molecule has 0 spiro atoms. The zero-order valence-corrected chi connectivity index (χ0v) is 16.7. The first-order chi connectivity index (χ1) is 11.7. The quantitative estimate of drug-likeness (QED) is 0.622. The molecule has 4 heteroatoms. The van der Waals surface area contributed by atoms with Crippen LogP contribution in [0.4, 0.5) is 0 Å². The molecule has 0 aromatic carbocycles. The first kappa shape index (κ1) is 22.7. The standard InChI is InChI=1S/C14H22N2O2.C4H10.C2H6/c1-3-11-10-13(14(17)18-4-2)15-16(11)12-8-6-5-7-9-12;1-3-4-2;1-2/h10,12H,3-9H2,1-2H3;3-4H2,1-2H3;1-2H3. The average Bonchev–Trinajstić information content (AvgIpc) is 3.09. The SMILES string of the molecule is CC.CCCC.CCOC(=O)c1cc(CC)n(C2CCCCC2)n1. The van der Waals surface area contributed by atoms with Crippen molar-refractivity contribution in [3.8, 4) is 0 Å². The number of aryl methyl sites for hydroxylation is 1. The van der Waals surface area contributed by atoms with Gasteiger partial charge in [0, 0.05) is 5.69 Å². The van der Waals surface area contributed by atoms with Crippen molar-refractivity contribution in [3.05, 3.63) is 17.5 Å². The van der Waals surface area contributed by atoms with Crippen molar-refractivity contribution in [1.29, 1.82) is 0 Å². The molecule has 1 aromatic rings. The van der Waals surface area contributed by atoms with Gasteiger partial charge in [0.05, 0.1) is 12.6 Å². The van der Waals surface area contributed by atoms with Gasteiger partial charge in [-0.2, -0.15) is 5.10 Å². The monoisotopic (exact) mass is 338 g/mol. The summed E-state index contributed by atoms with van der Waals surface area (Å²) in [6.07, 6.45) is 9.76. The van der Waals surface area contributed by atoms with Gasteiger partial charge >= 0.3 is 5.97 Å². The number of aromatic nitrogens is 2. The lowest BCUT2D eigenvalue weighted by Crippen LogP contribution is -2.17. The Labute approximate surface area is 149 Å². The summed E-state index contributed by atoms with van der Waals surface area (Å²) in [5.74, 6) is -0.304. The fourth-order valence-corrected chi connectivity index (χ4v) is 2.64. The topological polar surface area (TPSA) is 44.1 Å². The van der Waals surface area contributed by atoms with Crippen LogP contribution in [0.3, 0.4) is 0 Å². The van der Waals surface area contributed by atoms with Gasteiger partial charge in [-0.05, 0) is 32.3 Å². The second kappa shape index (κ2) is 14.1. The maximum Gasteiger partial charge on any atom is 0.358 e. The van der Waals surface area contributed by atoms with Crippen LogP contribution in [-0.2, 0) is 11.2 Å². The van der Waals surface area contributed by atoms with E-state index in [2.05, 4.69) is 30.6 Å². The third kappa shape index (κ3) is 7.50. The van der Waals surface area contributed by atoms with E-state index in [-0.39, 0.29) is 5.97 Å². The Morgan fingerprint density at radius 3 is 2.17 bits per heavy atom. The molecule has 1 heterocycles. The lowest BCUT2D eigenvalue weighted by molar-refractivity contribution is 0.0518. The second-order valence-corrected chi connectivity index (χ2v) is 5.83. The molecule has 0 unspecified atom stereocenters. The first-order valence-electron chi connectivity index (χ1n) is 9.93. The summed E-state index contributed by atoms with van der Waals surface area (Å²) in [5.41, 5.74) is 1.60. The lowest BCUT2D eigenvalue weighted by Gasteiger charge is -2.23. The Balaban J connectivity index is 0.000000773. The van der Waals surface area contributed by atoms with Crippen molar-refractivity contribution in [2.24, 2.45) is 0 Å². The molecule has 0 amide bonds. The number of rotatable bonds is 5. The van der Waals surface area contributed by atoms with E-state index in [0.717, 1.165) is 12.1 Å². The minimum Gasteiger partial charge on any atom is -0.461 e. The van der Waals surface area contributed by atoms with Crippen molar-refractivity contribution in [1.82, 2.24) is 9.78 Å². The lowest BCUT2D eigenvalue weighted by atomic mass is 9.95. The van der Waals surface area contributed by atoms with Crippen molar-refractivity contribution in [2.45, 2.75) is 99.0 Å². The van der Waals surface area contributed by atoms with E-state index in [1.54, 1.807) is 0 Å². The van der Waals surface area contributed by atoms with Crippen molar-refractivity contribution >= 4 is 5.97 Å². The van der Waals surface area contributed by atoms with Crippen LogP contribution >= 0.6 is 0 Å². The molecule has 0 radical (unpaired) electrons. The predicted octanol–water partition coefficient (Wildman–Crippen LogP) is 5.96. The third-order valence-corrected chi connectivity index (χ3v) is 4.08. The Morgan fingerprint density at radius 1 is 1.12 bits per heavy atom. The molecule has 1 aliphatic carbocycles. The van der Waals surface area contributed by atoms with Crippen LogP contribution in [0.2, 0.25) is 0 Å². The van der Waals surface area contributed by atoms with Gasteiger partial charge in [-0.1, -0.05) is 66.7 Å². The molecule has 0 aliphatic heterocycles. The molecule has 4 nitrogen and oxygen atoms in total. The molecule has 1 fully saturated rings. The highest BCUT2D eigenvalue weighted by Gasteiger charge is 2.21. The highest BCUT2D eigenvalue weighted by atomic mass is 16.5. The third-order valence-electron chi connectivity index (χ3n) is 4.08. The molecular formula is C20H38N2O2. The molecule has 1 saturated carbocycles. The molecular weight excluding hydrogens is 300 g/mol. The summed E-state index contributed by atoms with van der Waals surface area (Å²) in [6, 6.07) is 2.35.